The van der Waals surface area contributed by atoms with Crippen molar-refractivity contribution in [1.82, 2.24) is 19.7 Å². The normalized spacial score (nSPS) is 21.8. The van der Waals surface area contributed by atoms with Crippen molar-refractivity contribution in [1.29, 1.82) is 0 Å². The Morgan fingerprint density at radius 3 is 2.62 bits per heavy atom. The predicted octanol–water partition coefficient (Wildman–Crippen LogP) is 1.94. The van der Waals surface area contributed by atoms with E-state index in [9.17, 15) is 14.2 Å². The first kappa shape index (κ1) is 23.3. The molecule has 2 heterocycles. The number of azide groups is 1. The molecular weight excluding hydrogens is 401 g/mol. The van der Waals surface area contributed by atoms with Crippen LogP contribution in [0.15, 0.2) is 20.9 Å². The quantitative estimate of drug-likeness (QED) is 0.209. The Labute approximate surface area is 168 Å². The first-order valence-corrected chi connectivity index (χ1v) is 11.2. The molecule has 1 saturated heterocycles. The summed E-state index contributed by atoms with van der Waals surface area (Å²) < 4.78 is 25.7. The molecule has 12 nitrogen and oxygen atoms in total. The van der Waals surface area contributed by atoms with Gasteiger partial charge >= 0.3 is 13.4 Å². The van der Waals surface area contributed by atoms with Gasteiger partial charge in [-0.25, -0.2) is 15.0 Å². The Hall–Kier alpha value is -1.94. The first-order valence-electron chi connectivity index (χ1n) is 9.60. The van der Waals surface area contributed by atoms with Crippen LogP contribution in [0.3, 0.4) is 0 Å². The molecule has 0 aliphatic carbocycles. The molecule has 0 bridgehead atoms. The van der Waals surface area contributed by atoms with Crippen LogP contribution in [0.2, 0.25) is 0 Å². The molecule has 2 rings (SSSR count). The Morgan fingerprint density at radius 1 is 1.38 bits per heavy atom. The summed E-state index contributed by atoms with van der Waals surface area (Å²) in [7, 11) is -3.30. The van der Waals surface area contributed by atoms with Crippen molar-refractivity contribution in [2.45, 2.75) is 58.4 Å². The highest BCUT2D eigenvalue weighted by molar-refractivity contribution is 7.54. The van der Waals surface area contributed by atoms with E-state index in [1.54, 1.807) is 6.92 Å². The average molecular weight is 429 g/mol. The number of nitrogens with one attached hydrogen (secondary N) is 3. The van der Waals surface area contributed by atoms with Gasteiger partial charge in [-0.3, -0.25) is 18.9 Å². The number of hydrogen-bond acceptors (Lipinski definition) is 6. The predicted molar refractivity (Wildman–Crippen MR) is 108 cm³/mol. The van der Waals surface area contributed by atoms with Crippen molar-refractivity contribution >= 4 is 7.67 Å². The molecule has 29 heavy (non-hydrogen) atoms. The molecule has 0 saturated carbocycles. The van der Waals surface area contributed by atoms with Crippen molar-refractivity contribution in [3.8, 4) is 0 Å². The number of aromatic amines is 1. The topological polar surface area (TPSA) is 163 Å². The summed E-state index contributed by atoms with van der Waals surface area (Å²) in [4.78, 5) is 28.8. The fourth-order valence-corrected chi connectivity index (χ4v) is 4.55. The Kier molecular flexibility index (Phi) is 8.63. The van der Waals surface area contributed by atoms with Gasteiger partial charge in [-0.2, -0.15) is 0 Å². The number of aromatic nitrogens is 2. The van der Waals surface area contributed by atoms with Crippen LogP contribution in [0.4, 0.5) is 0 Å². The fourth-order valence-electron chi connectivity index (χ4n) is 2.87. The smallest absolute Gasteiger partial charge is 0.340 e. The first-order chi connectivity index (χ1) is 13.8. The largest absolute Gasteiger partial charge is 0.352 e. The van der Waals surface area contributed by atoms with E-state index in [0.29, 0.717) is 18.7 Å². The molecule has 3 atom stereocenters. The van der Waals surface area contributed by atoms with E-state index in [1.165, 1.54) is 10.8 Å². The maximum absolute atomic E-state index is 12.9. The Balaban J connectivity index is 2.15. The summed E-state index contributed by atoms with van der Waals surface area (Å²) in [5.41, 5.74) is 8.12. The van der Waals surface area contributed by atoms with Crippen LogP contribution in [0.1, 0.15) is 44.9 Å². The van der Waals surface area contributed by atoms with Gasteiger partial charge in [0.1, 0.15) is 6.23 Å². The fraction of sp³-hybridized carbons (Fsp3) is 0.750. The maximum atomic E-state index is 12.9. The van der Waals surface area contributed by atoms with E-state index >= 15 is 0 Å². The minimum atomic E-state index is -3.30. The Morgan fingerprint density at radius 2 is 2.03 bits per heavy atom. The SMILES string of the molecule is CCCNP(=O)(NCCC)OC[C@H]1O[C@@H](n2cc(C)c(=O)[nH]c2=O)C[C@@H]1N=[N+]=[N-]. The molecule has 1 fully saturated rings. The maximum Gasteiger partial charge on any atom is 0.340 e. The lowest BCUT2D eigenvalue weighted by molar-refractivity contribution is -0.0226. The zero-order chi connectivity index (χ0) is 21.4. The van der Waals surface area contributed by atoms with Gasteiger partial charge in [0.2, 0.25) is 0 Å². The molecule has 162 valence electrons. The molecule has 13 heteroatoms. The van der Waals surface area contributed by atoms with Crippen molar-refractivity contribution in [3.63, 3.8) is 0 Å². The molecule has 0 radical (unpaired) electrons. The molecule has 1 aromatic rings. The van der Waals surface area contributed by atoms with Crippen LogP contribution >= 0.6 is 7.67 Å². The lowest BCUT2D eigenvalue weighted by Crippen LogP contribution is -2.33. The minimum absolute atomic E-state index is 0.0953. The second-order valence-electron chi connectivity index (χ2n) is 6.78. The van der Waals surface area contributed by atoms with Crippen LogP contribution < -0.4 is 21.4 Å². The van der Waals surface area contributed by atoms with Crippen molar-refractivity contribution < 1.29 is 13.8 Å². The third-order valence-electron chi connectivity index (χ3n) is 4.42. The lowest BCUT2D eigenvalue weighted by atomic mass is 10.1. The van der Waals surface area contributed by atoms with Crippen LogP contribution in [-0.4, -0.2) is 41.4 Å². The summed E-state index contributed by atoms with van der Waals surface area (Å²) >= 11 is 0. The summed E-state index contributed by atoms with van der Waals surface area (Å²) in [5, 5.41) is 9.50. The van der Waals surface area contributed by atoms with E-state index in [0.717, 1.165) is 12.8 Å². The van der Waals surface area contributed by atoms with Gasteiger partial charge in [0.25, 0.3) is 5.56 Å². The molecule has 3 N–H and O–H groups in total. The standard InChI is InChI=1S/C16H28N7O5P/c1-4-6-18-29(26,19-7-5-2)27-10-13-12(21-22-17)8-14(28-13)23-9-11(3)15(24)20-16(23)25/h9,12-14H,4-8,10H2,1-3H3,(H2,18,19,26)(H,20,24,25)/t12-,13+,14+/m0/s1. The average Bonchev–Trinajstić information content (AvgIpc) is 3.09. The molecule has 0 aromatic carbocycles. The van der Waals surface area contributed by atoms with Gasteiger partial charge in [0, 0.05) is 36.2 Å². The summed E-state index contributed by atoms with van der Waals surface area (Å²) in [5.74, 6) is 0. The molecule has 1 aliphatic heterocycles. The monoisotopic (exact) mass is 429 g/mol. The van der Waals surface area contributed by atoms with Crippen molar-refractivity contribution in [3.05, 3.63) is 43.0 Å². The highest BCUT2D eigenvalue weighted by atomic mass is 31.2. The molecule has 1 aromatic heterocycles. The molecule has 0 spiro atoms. The summed E-state index contributed by atoms with van der Waals surface area (Å²) in [6.45, 7) is 6.39. The number of ether oxygens (including phenoxy) is 1. The Bertz CT molecular complexity index is 882. The van der Waals surface area contributed by atoms with Crippen LogP contribution in [-0.2, 0) is 13.8 Å². The van der Waals surface area contributed by atoms with Gasteiger partial charge in [-0.1, -0.05) is 19.0 Å². The number of rotatable bonds is 11. The third kappa shape index (κ3) is 6.27. The van der Waals surface area contributed by atoms with Gasteiger partial charge in [-0.05, 0) is 25.3 Å². The second-order valence-corrected chi connectivity index (χ2v) is 8.77. The van der Waals surface area contributed by atoms with E-state index in [-0.39, 0.29) is 13.0 Å². The van der Waals surface area contributed by atoms with E-state index in [1.807, 2.05) is 13.8 Å². The van der Waals surface area contributed by atoms with Crippen LogP contribution in [0, 0.1) is 6.92 Å². The van der Waals surface area contributed by atoms with Crippen LogP contribution in [0.5, 0.6) is 0 Å². The molecule has 0 amide bonds. The number of hydrogen-bond donors (Lipinski definition) is 3. The van der Waals surface area contributed by atoms with E-state index in [2.05, 4.69) is 25.2 Å². The lowest BCUT2D eigenvalue weighted by Gasteiger charge is -2.23. The number of H-pyrrole nitrogens is 1. The summed E-state index contributed by atoms with van der Waals surface area (Å²) in [6.07, 6.45) is 1.74. The van der Waals surface area contributed by atoms with Gasteiger partial charge in [0.15, 0.2) is 0 Å². The van der Waals surface area contributed by atoms with Gasteiger partial charge < -0.3 is 9.26 Å². The van der Waals surface area contributed by atoms with E-state index in [4.69, 9.17) is 14.8 Å². The summed E-state index contributed by atoms with van der Waals surface area (Å²) in [6, 6.07) is -0.616. The van der Waals surface area contributed by atoms with Crippen LogP contribution in [0.25, 0.3) is 10.4 Å². The second kappa shape index (κ2) is 10.7. The number of nitrogens with zero attached hydrogens (tertiary/aromatic N) is 4. The van der Waals surface area contributed by atoms with E-state index < -0.39 is 37.3 Å². The highest BCUT2D eigenvalue weighted by Gasteiger charge is 2.38. The third-order valence-corrected chi connectivity index (χ3v) is 6.21. The zero-order valence-electron chi connectivity index (χ0n) is 16.8. The highest BCUT2D eigenvalue weighted by Crippen LogP contribution is 2.39. The van der Waals surface area contributed by atoms with Crippen molar-refractivity contribution in [2.75, 3.05) is 19.7 Å². The molecule has 1 aliphatic rings. The molecule has 0 unspecified atom stereocenters. The van der Waals surface area contributed by atoms with Gasteiger partial charge in [-0.15, -0.1) is 0 Å². The minimum Gasteiger partial charge on any atom is -0.352 e. The zero-order valence-corrected chi connectivity index (χ0v) is 17.7. The number of aryl methyl sites for hydroxylation is 1. The van der Waals surface area contributed by atoms with Gasteiger partial charge in [0.05, 0.1) is 18.8 Å². The van der Waals surface area contributed by atoms with Crippen molar-refractivity contribution in [2.24, 2.45) is 5.11 Å². The molecular formula is C16H28N7O5P.